The molecule has 0 bridgehead atoms. The van der Waals surface area contributed by atoms with Crippen molar-refractivity contribution in [3.05, 3.63) is 23.5 Å². The Kier molecular flexibility index (Phi) is 5.24. The Bertz CT molecular complexity index is 550. The molecule has 1 aromatic carbocycles. The van der Waals surface area contributed by atoms with Crippen LogP contribution < -0.4 is 15.2 Å². The molecule has 0 saturated carbocycles. The molecule has 2 rings (SSSR count). The Morgan fingerprint density at radius 2 is 2.00 bits per heavy atom. The number of benzene rings is 1. The molecular formula is C16H23FN2O3. The van der Waals surface area contributed by atoms with Crippen LogP contribution in [0, 0.1) is 11.7 Å². The summed E-state index contributed by atoms with van der Waals surface area (Å²) in [5.41, 5.74) is 5.80. The van der Waals surface area contributed by atoms with Crippen LogP contribution in [0.2, 0.25) is 0 Å². The lowest BCUT2D eigenvalue weighted by Crippen LogP contribution is -2.51. The number of methoxy groups -OCH3 is 2. The Morgan fingerprint density at radius 3 is 2.59 bits per heavy atom. The van der Waals surface area contributed by atoms with Gasteiger partial charge in [-0.1, -0.05) is 6.92 Å². The van der Waals surface area contributed by atoms with E-state index in [4.69, 9.17) is 15.2 Å². The van der Waals surface area contributed by atoms with Crippen molar-refractivity contribution >= 4 is 5.91 Å². The third kappa shape index (κ3) is 3.02. The first kappa shape index (κ1) is 16.5. The minimum Gasteiger partial charge on any atom is -0.493 e. The molecule has 2 atom stereocenters. The second-order valence-electron chi connectivity index (χ2n) is 5.61. The van der Waals surface area contributed by atoms with Crippen LogP contribution in [-0.2, 0) is 0 Å². The van der Waals surface area contributed by atoms with Crippen LogP contribution in [0.1, 0.15) is 30.1 Å². The lowest BCUT2D eigenvalue weighted by Gasteiger charge is -2.39. The van der Waals surface area contributed by atoms with Gasteiger partial charge in [0.2, 0.25) is 0 Å². The highest BCUT2D eigenvalue weighted by atomic mass is 19.1. The summed E-state index contributed by atoms with van der Waals surface area (Å²) >= 11 is 0. The third-order valence-corrected chi connectivity index (χ3v) is 4.32. The van der Waals surface area contributed by atoms with Gasteiger partial charge in [0, 0.05) is 25.2 Å². The second kappa shape index (κ2) is 6.96. The van der Waals surface area contributed by atoms with E-state index in [0.717, 1.165) is 12.8 Å². The van der Waals surface area contributed by atoms with E-state index in [9.17, 15) is 9.18 Å². The molecule has 1 amide bonds. The molecule has 1 saturated heterocycles. The van der Waals surface area contributed by atoms with Gasteiger partial charge in [-0.25, -0.2) is 4.39 Å². The summed E-state index contributed by atoms with van der Waals surface area (Å²) in [5.74, 6) is -0.0523. The Labute approximate surface area is 130 Å². The molecule has 1 fully saturated rings. The van der Waals surface area contributed by atoms with Gasteiger partial charge < -0.3 is 20.1 Å². The number of nitrogens with two attached hydrogens (primary N) is 1. The Balaban J connectivity index is 2.36. The van der Waals surface area contributed by atoms with Crippen LogP contribution in [-0.4, -0.2) is 44.2 Å². The summed E-state index contributed by atoms with van der Waals surface area (Å²) in [7, 11) is 2.88. The largest absolute Gasteiger partial charge is 0.493 e. The molecule has 0 aliphatic carbocycles. The molecule has 0 radical (unpaired) electrons. The molecule has 0 spiro atoms. The number of carbonyl (C=O) groups excluding carboxylic acids is 1. The fourth-order valence-electron chi connectivity index (χ4n) is 3.03. The van der Waals surface area contributed by atoms with Crippen molar-refractivity contribution in [3.8, 4) is 11.5 Å². The Hall–Kier alpha value is -1.82. The van der Waals surface area contributed by atoms with Crippen LogP contribution >= 0.6 is 0 Å². The van der Waals surface area contributed by atoms with Gasteiger partial charge in [-0.05, 0) is 24.8 Å². The lowest BCUT2D eigenvalue weighted by atomic mass is 9.90. The van der Waals surface area contributed by atoms with E-state index in [1.54, 1.807) is 4.90 Å². The fraction of sp³-hybridized carbons (Fsp3) is 0.562. The fourth-order valence-corrected chi connectivity index (χ4v) is 3.03. The highest BCUT2D eigenvalue weighted by Crippen LogP contribution is 2.32. The topological polar surface area (TPSA) is 64.8 Å². The molecular weight excluding hydrogens is 287 g/mol. The number of rotatable bonds is 4. The number of hydrogen-bond acceptors (Lipinski definition) is 4. The van der Waals surface area contributed by atoms with Gasteiger partial charge in [0.25, 0.3) is 5.91 Å². The number of likely N-dealkylation sites (tertiary alicyclic amines) is 1. The summed E-state index contributed by atoms with van der Waals surface area (Å²) in [4.78, 5) is 14.4. The van der Waals surface area contributed by atoms with Gasteiger partial charge >= 0.3 is 0 Å². The van der Waals surface area contributed by atoms with Crippen molar-refractivity contribution < 1.29 is 18.7 Å². The van der Waals surface area contributed by atoms with Crippen molar-refractivity contribution in [1.82, 2.24) is 4.90 Å². The predicted octanol–water partition coefficient (Wildman–Crippen LogP) is 2.04. The lowest BCUT2D eigenvalue weighted by molar-refractivity contribution is 0.0527. The van der Waals surface area contributed by atoms with Gasteiger partial charge in [-0.3, -0.25) is 4.79 Å². The molecule has 122 valence electrons. The molecule has 6 heteroatoms. The predicted molar refractivity (Wildman–Crippen MR) is 81.8 cm³/mol. The SMILES string of the molecule is COc1cc(F)c(C(=O)N2CCC[C@@H](C)[C@H]2CN)cc1OC. The first-order valence-electron chi connectivity index (χ1n) is 7.46. The molecule has 0 unspecified atom stereocenters. The first-order valence-corrected chi connectivity index (χ1v) is 7.46. The number of halogens is 1. The standard InChI is InChI=1S/C16H23FN2O3/c1-10-5-4-6-19(13(10)9-18)16(20)11-7-14(21-2)15(22-3)8-12(11)17/h7-8,10,13H,4-6,9,18H2,1-3H3/t10-,13-/m1/s1. The van der Waals surface area contributed by atoms with E-state index in [1.807, 2.05) is 0 Å². The average Bonchev–Trinajstić information content (AvgIpc) is 2.53. The van der Waals surface area contributed by atoms with E-state index >= 15 is 0 Å². The molecule has 0 aromatic heterocycles. The average molecular weight is 310 g/mol. The molecule has 22 heavy (non-hydrogen) atoms. The number of carbonyl (C=O) groups is 1. The molecule has 1 aromatic rings. The van der Waals surface area contributed by atoms with E-state index in [0.29, 0.717) is 24.8 Å². The highest BCUT2D eigenvalue weighted by molar-refractivity contribution is 5.95. The van der Waals surface area contributed by atoms with Crippen LogP contribution in [0.25, 0.3) is 0 Å². The van der Waals surface area contributed by atoms with Gasteiger partial charge in [-0.2, -0.15) is 0 Å². The zero-order valence-electron chi connectivity index (χ0n) is 13.3. The first-order chi connectivity index (χ1) is 10.5. The van der Waals surface area contributed by atoms with Crippen molar-refractivity contribution in [2.45, 2.75) is 25.8 Å². The molecule has 1 heterocycles. The number of amides is 1. The van der Waals surface area contributed by atoms with Gasteiger partial charge in [0.05, 0.1) is 19.8 Å². The third-order valence-electron chi connectivity index (χ3n) is 4.32. The smallest absolute Gasteiger partial charge is 0.257 e. The zero-order chi connectivity index (χ0) is 16.3. The summed E-state index contributed by atoms with van der Waals surface area (Å²) in [6.07, 6.45) is 1.93. The maximum Gasteiger partial charge on any atom is 0.257 e. The monoisotopic (exact) mass is 310 g/mol. The van der Waals surface area contributed by atoms with Crippen LogP contribution in [0.5, 0.6) is 11.5 Å². The molecule has 1 aliphatic rings. The van der Waals surface area contributed by atoms with Gasteiger partial charge in [0.15, 0.2) is 11.5 Å². The van der Waals surface area contributed by atoms with Crippen LogP contribution in [0.15, 0.2) is 12.1 Å². The summed E-state index contributed by atoms with van der Waals surface area (Å²) in [6.45, 7) is 3.04. The Morgan fingerprint density at radius 1 is 1.36 bits per heavy atom. The second-order valence-corrected chi connectivity index (χ2v) is 5.61. The van der Waals surface area contributed by atoms with E-state index < -0.39 is 5.82 Å². The van der Waals surface area contributed by atoms with Crippen molar-refractivity contribution in [2.24, 2.45) is 11.7 Å². The molecule has 2 N–H and O–H groups in total. The number of hydrogen-bond donors (Lipinski definition) is 1. The quantitative estimate of drug-likeness (QED) is 0.924. The maximum absolute atomic E-state index is 14.3. The summed E-state index contributed by atoms with van der Waals surface area (Å²) in [5, 5.41) is 0. The van der Waals surface area contributed by atoms with Crippen LogP contribution in [0.3, 0.4) is 0 Å². The van der Waals surface area contributed by atoms with Crippen molar-refractivity contribution in [1.29, 1.82) is 0 Å². The van der Waals surface area contributed by atoms with Gasteiger partial charge in [0.1, 0.15) is 5.82 Å². The summed E-state index contributed by atoms with van der Waals surface area (Å²) in [6, 6.07) is 2.51. The van der Waals surface area contributed by atoms with E-state index in [-0.39, 0.29) is 23.3 Å². The zero-order valence-corrected chi connectivity index (χ0v) is 13.3. The molecule has 1 aliphatic heterocycles. The normalized spacial score (nSPS) is 21.6. The van der Waals surface area contributed by atoms with Crippen LogP contribution in [0.4, 0.5) is 4.39 Å². The highest BCUT2D eigenvalue weighted by Gasteiger charge is 2.32. The minimum absolute atomic E-state index is 0.00907. The summed E-state index contributed by atoms with van der Waals surface area (Å²) < 4.78 is 24.5. The maximum atomic E-state index is 14.3. The number of piperidine rings is 1. The number of ether oxygens (including phenoxy) is 2. The van der Waals surface area contributed by atoms with Crippen molar-refractivity contribution in [2.75, 3.05) is 27.3 Å². The van der Waals surface area contributed by atoms with E-state index in [1.165, 1.54) is 26.4 Å². The number of nitrogens with zero attached hydrogens (tertiary/aromatic N) is 1. The van der Waals surface area contributed by atoms with Gasteiger partial charge in [-0.15, -0.1) is 0 Å². The van der Waals surface area contributed by atoms with Crippen molar-refractivity contribution in [3.63, 3.8) is 0 Å². The molecule has 5 nitrogen and oxygen atoms in total. The minimum atomic E-state index is -0.614. The van der Waals surface area contributed by atoms with E-state index in [2.05, 4.69) is 6.92 Å².